The van der Waals surface area contributed by atoms with Crippen LogP contribution in [0.2, 0.25) is 5.02 Å². The number of benzene rings is 1. The van der Waals surface area contributed by atoms with Gasteiger partial charge in [0.15, 0.2) is 0 Å². The zero-order valence-corrected chi connectivity index (χ0v) is 12.8. The van der Waals surface area contributed by atoms with Crippen molar-refractivity contribution in [2.45, 2.75) is 18.4 Å². The van der Waals surface area contributed by atoms with E-state index in [-0.39, 0.29) is 18.9 Å². The van der Waals surface area contributed by atoms with E-state index < -0.39 is 11.5 Å². The Hall–Kier alpha value is -1.11. The highest BCUT2D eigenvalue weighted by molar-refractivity contribution is 9.10. The number of carboxylic acids is 1. The summed E-state index contributed by atoms with van der Waals surface area (Å²) < 4.78 is 5.84. The molecule has 1 amide bonds. The van der Waals surface area contributed by atoms with Gasteiger partial charge in [0.2, 0.25) is 0 Å². The van der Waals surface area contributed by atoms with Crippen molar-refractivity contribution in [1.82, 2.24) is 5.32 Å². The second-order valence-corrected chi connectivity index (χ2v) is 6.02. The molecule has 0 spiro atoms. The number of hydrogen-bond acceptors (Lipinski definition) is 3. The summed E-state index contributed by atoms with van der Waals surface area (Å²) in [4.78, 5) is 23.3. The van der Waals surface area contributed by atoms with Crippen LogP contribution < -0.4 is 5.32 Å². The predicted octanol–water partition coefficient (Wildman–Crippen LogP) is 2.47. The predicted molar refractivity (Wildman–Crippen MR) is 77.0 cm³/mol. The van der Waals surface area contributed by atoms with Crippen LogP contribution in [0.1, 0.15) is 23.2 Å². The Labute approximate surface area is 129 Å². The third-order valence-electron chi connectivity index (χ3n) is 3.14. The molecule has 108 valence electrons. The van der Waals surface area contributed by atoms with Gasteiger partial charge in [-0.15, -0.1) is 0 Å². The minimum atomic E-state index is -0.971. The lowest BCUT2D eigenvalue weighted by molar-refractivity contribution is -0.138. The largest absolute Gasteiger partial charge is 0.481 e. The van der Waals surface area contributed by atoms with Crippen molar-refractivity contribution in [1.29, 1.82) is 0 Å². The first-order chi connectivity index (χ1) is 9.42. The Morgan fingerprint density at radius 3 is 2.85 bits per heavy atom. The maximum absolute atomic E-state index is 12.3. The van der Waals surface area contributed by atoms with E-state index in [0.29, 0.717) is 28.1 Å². The summed E-state index contributed by atoms with van der Waals surface area (Å²) in [5.41, 5.74) is -0.487. The lowest BCUT2D eigenvalue weighted by Crippen LogP contribution is -2.50. The van der Waals surface area contributed by atoms with Gasteiger partial charge in [0.1, 0.15) is 0 Å². The first-order valence-electron chi connectivity index (χ1n) is 5.99. The third-order valence-corrected chi connectivity index (χ3v) is 4.07. The van der Waals surface area contributed by atoms with Gasteiger partial charge in [-0.25, -0.2) is 0 Å². The molecule has 0 saturated carbocycles. The molecule has 1 aliphatic rings. The molecule has 7 heteroatoms. The van der Waals surface area contributed by atoms with Crippen LogP contribution in [0.3, 0.4) is 0 Å². The molecule has 2 rings (SSSR count). The van der Waals surface area contributed by atoms with E-state index in [0.717, 1.165) is 0 Å². The van der Waals surface area contributed by atoms with Gasteiger partial charge < -0.3 is 15.2 Å². The smallest absolute Gasteiger partial charge is 0.305 e. The highest BCUT2D eigenvalue weighted by atomic mass is 79.9. The number of nitrogens with one attached hydrogen (secondary N) is 1. The Balaban J connectivity index is 2.20. The number of hydrogen-bond donors (Lipinski definition) is 2. The Bertz CT molecular complexity index is 543. The minimum Gasteiger partial charge on any atom is -0.481 e. The van der Waals surface area contributed by atoms with E-state index in [2.05, 4.69) is 21.2 Å². The van der Waals surface area contributed by atoms with Crippen molar-refractivity contribution >= 4 is 39.4 Å². The van der Waals surface area contributed by atoms with E-state index in [9.17, 15) is 9.59 Å². The van der Waals surface area contributed by atoms with Gasteiger partial charge >= 0.3 is 5.97 Å². The Morgan fingerprint density at radius 1 is 1.50 bits per heavy atom. The first kappa shape index (κ1) is 15.3. The summed E-state index contributed by atoms with van der Waals surface area (Å²) >= 11 is 9.16. The molecule has 1 heterocycles. The molecule has 0 aliphatic carbocycles. The fraction of sp³-hybridized carbons (Fsp3) is 0.385. The second-order valence-electron chi connectivity index (χ2n) is 4.73. The summed E-state index contributed by atoms with van der Waals surface area (Å²) in [5.74, 6) is -1.34. The molecule has 1 fully saturated rings. The van der Waals surface area contributed by atoms with Gasteiger partial charge in [-0.1, -0.05) is 11.6 Å². The molecule has 1 aromatic rings. The maximum Gasteiger partial charge on any atom is 0.305 e. The van der Waals surface area contributed by atoms with Gasteiger partial charge in [-0.2, -0.15) is 0 Å². The molecule has 2 N–H and O–H groups in total. The number of ether oxygens (including phenoxy) is 1. The first-order valence-corrected chi connectivity index (χ1v) is 7.16. The molecule has 20 heavy (non-hydrogen) atoms. The van der Waals surface area contributed by atoms with Crippen molar-refractivity contribution in [2.24, 2.45) is 0 Å². The van der Waals surface area contributed by atoms with Gasteiger partial charge in [0.25, 0.3) is 5.91 Å². The summed E-state index contributed by atoms with van der Waals surface area (Å²) in [7, 11) is 0. The van der Waals surface area contributed by atoms with Crippen LogP contribution >= 0.6 is 27.5 Å². The quantitative estimate of drug-likeness (QED) is 0.863. The van der Waals surface area contributed by atoms with Gasteiger partial charge in [-0.3, -0.25) is 9.59 Å². The van der Waals surface area contributed by atoms with E-state index >= 15 is 0 Å². The van der Waals surface area contributed by atoms with Gasteiger partial charge in [-0.05, 0) is 40.5 Å². The van der Waals surface area contributed by atoms with E-state index in [1.807, 2.05) is 0 Å². The van der Waals surface area contributed by atoms with E-state index in [1.54, 1.807) is 12.1 Å². The van der Waals surface area contributed by atoms with Crippen LogP contribution in [-0.4, -0.2) is 35.7 Å². The molecule has 1 aliphatic heterocycles. The van der Waals surface area contributed by atoms with Gasteiger partial charge in [0.05, 0.1) is 24.1 Å². The number of aliphatic carboxylic acids is 1. The molecular formula is C13H13BrClNO4. The Kier molecular flexibility index (Phi) is 4.67. The van der Waals surface area contributed by atoms with Gasteiger partial charge in [0, 0.05) is 16.1 Å². The zero-order valence-electron chi connectivity index (χ0n) is 10.5. The van der Waals surface area contributed by atoms with Crippen LogP contribution in [0.5, 0.6) is 0 Å². The third kappa shape index (κ3) is 3.50. The van der Waals surface area contributed by atoms with Crippen molar-refractivity contribution in [3.05, 3.63) is 33.3 Å². The number of amides is 1. The molecule has 5 nitrogen and oxygen atoms in total. The molecular weight excluding hydrogens is 350 g/mol. The molecule has 1 atom stereocenters. The SMILES string of the molecule is O=C(O)CC1(NC(=O)c2cc(Cl)ccc2Br)CCOC1. The van der Waals surface area contributed by atoms with Crippen LogP contribution in [0.25, 0.3) is 0 Å². The fourth-order valence-corrected chi connectivity index (χ4v) is 2.76. The number of carbonyl (C=O) groups is 2. The lowest BCUT2D eigenvalue weighted by atomic mass is 9.94. The summed E-state index contributed by atoms with van der Waals surface area (Å²) in [5, 5.41) is 12.2. The molecule has 0 aromatic heterocycles. The average molecular weight is 363 g/mol. The summed E-state index contributed by atoms with van der Waals surface area (Å²) in [6, 6.07) is 4.87. The summed E-state index contributed by atoms with van der Waals surface area (Å²) in [6.07, 6.45) is 0.306. The van der Waals surface area contributed by atoms with Crippen LogP contribution in [0.4, 0.5) is 0 Å². The number of carboxylic acid groups (broad SMARTS) is 1. The highest BCUT2D eigenvalue weighted by Gasteiger charge is 2.39. The van der Waals surface area contributed by atoms with Crippen LogP contribution in [0.15, 0.2) is 22.7 Å². The molecule has 1 saturated heterocycles. The van der Waals surface area contributed by atoms with Crippen LogP contribution in [0, 0.1) is 0 Å². The standard InChI is InChI=1S/C13H13BrClNO4/c14-10-2-1-8(15)5-9(10)12(19)16-13(6-11(17)18)3-4-20-7-13/h1-2,5H,3-4,6-7H2,(H,16,19)(H,17,18). The lowest BCUT2D eigenvalue weighted by Gasteiger charge is -2.27. The Morgan fingerprint density at radius 2 is 2.25 bits per heavy atom. The maximum atomic E-state index is 12.3. The zero-order chi connectivity index (χ0) is 14.8. The molecule has 1 aromatic carbocycles. The van der Waals surface area contributed by atoms with Crippen molar-refractivity contribution in [3.8, 4) is 0 Å². The van der Waals surface area contributed by atoms with Crippen molar-refractivity contribution in [2.75, 3.05) is 13.2 Å². The van der Waals surface area contributed by atoms with E-state index in [1.165, 1.54) is 6.07 Å². The average Bonchev–Trinajstić information content (AvgIpc) is 2.79. The second kappa shape index (κ2) is 6.11. The number of halogens is 2. The number of rotatable bonds is 4. The monoisotopic (exact) mass is 361 g/mol. The van der Waals surface area contributed by atoms with E-state index in [4.69, 9.17) is 21.4 Å². The van der Waals surface area contributed by atoms with Crippen molar-refractivity contribution < 1.29 is 19.4 Å². The normalized spacial score (nSPS) is 21.7. The molecule has 0 bridgehead atoms. The fourth-order valence-electron chi connectivity index (χ4n) is 2.16. The number of carbonyl (C=O) groups excluding carboxylic acids is 1. The minimum absolute atomic E-state index is 0.170. The summed E-state index contributed by atoms with van der Waals surface area (Å²) in [6.45, 7) is 0.632. The molecule has 0 radical (unpaired) electrons. The molecule has 1 unspecified atom stereocenters. The van der Waals surface area contributed by atoms with Crippen molar-refractivity contribution in [3.63, 3.8) is 0 Å². The highest BCUT2D eigenvalue weighted by Crippen LogP contribution is 2.26. The topological polar surface area (TPSA) is 75.6 Å². The van der Waals surface area contributed by atoms with Crippen LogP contribution in [-0.2, 0) is 9.53 Å².